The Morgan fingerprint density at radius 3 is 2.67 bits per heavy atom. The average molecular weight is 368 g/mol. The van der Waals surface area contributed by atoms with Crippen molar-refractivity contribution in [3.05, 3.63) is 42.2 Å². The number of H-pyrrole nitrogens is 1. The van der Waals surface area contributed by atoms with E-state index in [1.54, 1.807) is 0 Å². The molecule has 1 aromatic carbocycles. The van der Waals surface area contributed by atoms with Crippen LogP contribution in [0.4, 0.5) is 0 Å². The second kappa shape index (κ2) is 8.23. The summed E-state index contributed by atoms with van der Waals surface area (Å²) in [6.45, 7) is 3.53. The van der Waals surface area contributed by atoms with E-state index in [1.807, 2.05) is 29.3 Å². The number of piperidine rings is 2. The zero-order valence-electron chi connectivity index (χ0n) is 15.7. The molecule has 1 atom stereocenters. The molecule has 3 heterocycles. The molecule has 0 spiro atoms. The maximum absolute atomic E-state index is 12.6. The number of carbonyl (C=O) groups excluding carboxylic acids is 1. The van der Waals surface area contributed by atoms with E-state index in [0.717, 1.165) is 45.3 Å². The minimum absolute atomic E-state index is 0.190. The van der Waals surface area contributed by atoms with Crippen molar-refractivity contribution in [3.8, 4) is 11.1 Å². The first kappa shape index (κ1) is 18.2. The van der Waals surface area contributed by atoms with Gasteiger partial charge < -0.3 is 10.0 Å². The average Bonchev–Trinajstić information content (AvgIpc) is 3.19. The number of hydrogen-bond donors (Lipinski definition) is 2. The zero-order chi connectivity index (χ0) is 18.6. The van der Waals surface area contributed by atoms with E-state index in [4.69, 9.17) is 0 Å². The van der Waals surface area contributed by atoms with Crippen molar-refractivity contribution in [3.63, 3.8) is 0 Å². The third-order valence-corrected chi connectivity index (χ3v) is 5.85. The number of rotatable bonds is 4. The van der Waals surface area contributed by atoms with Crippen LogP contribution in [-0.4, -0.2) is 69.8 Å². The Hall–Kier alpha value is -2.18. The van der Waals surface area contributed by atoms with Gasteiger partial charge in [-0.25, -0.2) is 0 Å². The molecule has 2 saturated heterocycles. The van der Waals surface area contributed by atoms with Gasteiger partial charge in [-0.15, -0.1) is 0 Å². The predicted molar refractivity (Wildman–Crippen MR) is 104 cm³/mol. The largest absolute Gasteiger partial charge is 0.392 e. The van der Waals surface area contributed by atoms with Crippen LogP contribution in [0.1, 0.15) is 37.3 Å². The molecular weight excluding hydrogens is 340 g/mol. The maximum Gasteiger partial charge on any atom is 0.236 e. The van der Waals surface area contributed by atoms with Gasteiger partial charge in [0, 0.05) is 36.8 Å². The van der Waals surface area contributed by atoms with Crippen molar-refractivity contribution in [1.29, 1.82) is 0 Å². The van der Waals surface area contributed by atoms with Gasteiger partial charge in [-0.2, -0.15) is 5.10 Å². The fourth-order valence-electron chi connectivity index (χ4n) is 4.34. The predicted octanol–water partition coefficient (Wildman–Crippen LogP) is 2.24. The van der Waals surface area contributed by atoms with Crippen LogP contribution in [0.3, 0.4) is 0 Å². The summed E-state index contributed by atoms with van der Waals surface area (Å²) in [5, 5.41) is 17.3. The highest BCUT2D eigenvalue weighted by atomic mass is 16.3. The number of likely N-dealkylation sites (tertiary alicyclic amines) is 2. The zero-order valence-corrected chi connectivity index (χ0v) is 15.7. The van der Waals surface area contributed by atoms with Crippen LogP contribution in [0.15, 0.2) is 36.5 Å². The number of amides is 1. The number of aromatic amines is 1. The number of aliphatic hydroxyl groups is 1. The van der Waals surface area contributed by atoms with E-state index in [0.29, 0.717) is 19.0 Å². The fraction of sp³-hybridized carbons (Fsp3) is 0.524. The summed E-state index contributed by atoms with van der Waals surface area (Å²) in [5.74, 6) is 0.596. The van der Waals surface area contributed by atoms with Crippen molar-refractivity contribution in [2.75, 3.05) is 32.7 Å². The van der Waals surface area contributed by atoms with Crippen LogP contribution in [0.25, 0.3) is 11.1 Å². The third kappa shape index (κ3) is 4.22. The monoisotopic (exact) mass is 368 g/mol. The lowest BCUT2D eigenvalue weighted by atomic mass is 9.89. The van der Waals surface area contributed by atoms with Crippen LogP contribution in [-0.2, 0) is 4.79 Å². The van der Waals surface area contributed by atoms with Crippen LogP contribution in [0.2, 0.25) is 0 Å². The number of aromatic nitrogens is 2. The Kier molecular flexibility index (Phi) is 5.55. The Morgan fingerprint density at radius 1 is 1.15 bits per heavy atom. The van der Waals surface area contributed by atoms with E-state index < -0.39 is 0 Å². The van der Waals surface area contributed by atoms with Gasteiger partial charge in [0.1, 0.15) is 0 Å². The first-order valence-electron chi connectivity index (χ1n) is 9.97. The first-order chi connectivity index (χ1) is 13.2. The molecule has 1 amide bonds. The summed E-state index contributed by atoms with van der Waals surface area (Å²) >= 11 is 0. The Balaban J connectivity index is 1.34. The van der Waals surface area contributed by atoms with E-state index in [-0.39, 0.29) is 12.0 Å². The van der Waals surface area contributed by atoms with Crippen molar-refractivity contribution >= 4 is 5.91 Å². The molecular formula is C21H28N4O2. The fourth-order valence-corrected chi connectivity index (χ4v) is 4.34. The van der Waals surface area contributed by atoms with Crippen LogP contribution in [0, 0.1) is 0 Å². The molecule has 0 unspecified atom stereocenters. The van der Waals surface area contributed by atoms with Crippen LogP contribution < -0.4 is 0 Å². The lowest BCUT2D eigenvalue weighted by Gasteiger charge is -2.35. The molecule has 2 N–H and O–H groups in total. The summed E-state index contributed by atoms with van der Waals surface area (Å²) in [6.07, 6.45) is 5.35. The molecule has 0 radical (unpaired) electrons. The maximum atomic E-state index is 12.6. The summed E-state index contributed by atoms with van der Waals surface area (Å²) in [7, 11) is 0. The minimum Gasteiger partial charge on any atom is -0.392 e. The number of nitrogens with zero attached hydrogens (tertiary/aromatic N) is 3. The highest BCUT2D eigenvalue weighted by molar-refractivity contribution is 5.78. The highest BCUT2D eigenvalue weighted by Gasteiger charge is 2.28. The molecule has 6 heteroatoms. The van der Waals surface area contributed by atoms with Crippen molar-refractivity contribution < 1.29 is 9.90 Å². The van der Waals surface area contributed by atoms with Gasteiger partial charge >= 0.3 is 0 Å². The number of hydrogen-bond acceptors (Lipinski definition) is 4. The first-order valence-corrected chi connectivity index (χ1v) is 9.97. The van der Waals surface area contributed by atoms with Gasteiger partial charge in [-0.1, -0.05) is 30.3 Å². The molecule has 2 aliphatic rings. The summed E-state index contributed by atoms with van der Waals surface area (Å²) in [5.41, 5.74) is 3.54. The molecule has 2 aliphatic heterocycles. The summed E-state index contributed by atoms with van der Waals surface area (Å²) in [6, 6.07) is 10.3. The second-order valence-electron chi connectivity index (χ2n) is 7.75. The van der Waals surface area contributed by atoms with Gasteiger partial charge in [0.25, 0.3) is 0 Å². The number of β-amino-alcohol motifs (C(OH)–C–C–N with tert-alkyl or cyclic N) is 1. The van der Waals surface area contributed by atoms with Gasteiger partial charge in [-0.3, -0.25) is 14.8 Å². The van der Waals surface area contributed by atoms with E-state index in [9.17, 15) is 9.90 Å². The Morgan fingerprint density at radius 2 is 1.93 bits per heavy atom. The summed E-state index contributed by atoms with van der Waals surface area (Å²) < 4.78 is 0. The smallest absolute Gasteiger partial charge is 0.236 e. The Bertz CT molecular complexity index is 753. The molecule has 0 aliphatic carbocycles. The van der Waals surface area contributed by atoms with E-state index in [2.05, 4.69) is 27.2 Å². The normalized spacial score (nSPS) is 22.1. The topological polar surface area (TPSA) is 72.5 Å². The number of carbonyl (C=O) groups is 1. The minimum atomic E-state index is -0.283. The number of aliphatic hydroxyl groups excluding tert-OH is 1. The molecule has 6 nitrogen and oxygen atoms in total. The number of nitrogens with one attached hydrogen (secondary N) is 1. The molecule has 0 saturated carbocycles. The van der Waals surface area contributed by atoms with Crippen molar-refractivity contribution in [1.82, 2.24) is 20.0 Å². The molecule has 0 bridgehead atoms. The van der Waals surface area contributed by atoms with Gasteiger partial charge in [0.2, 0.25) is 5.91 Å². The van der Waals surface area contributed by atoms with Gasteiger partial charge in [0.15, 0.2) is 0 Å². The third-order valence-electron chi connectivity index (χ3n) is 5.85. The molecule has 4 rings (SSSR count). The lowest BCUT2D eigenvalue weighted by molar-refractivity contribution is -0.134. The molecule has 2 aromatic rings. The molecule has 27 heavy (non-hydrogen) atoms. The van der Waals surface area contributed by atoms with Crippen LogP contribution >= 0.6 is 0 Å². The standard InChI is InChI=1S/C21H28N4O2/c26-18-7-4-10-24(14-18)15-20(27)25-11-8-17(9-12-25)21-19(13-22-23-21)16-5-2-1-3-6-16/h1-3,5-6,13,17-18,26H,4,7-12,14-15H2,(H,22,23)/t18-/m1/s1. The lowest BCUT2D eigenvalue weighted by Crippen LogP contribution is -2.47. The SMILES string of the molecule is O=C(CN1CCC[C@@H](O)C1)N1CCC(c2[nH]ncc2-c2ccccc2)CC1. The van der Waals surface area contributed by atoms with Gasteiger partial charge in [-0.05, 0) is 37.8 Å². The molecule has 1 aromatic heterocycles. The molecule has 2 fully saturated rings. The highest BCUT2D eigenvalue weighted by Crippen LogP contribution is 2.33. The summed E-state index contributed by atoms with van der Waals surface area (Å²) in [4.78, 5) is 16.7. The second-order valence-corrected chi connectivity index (χ2v) is 7.75. The Labute approximate surface area is 160 Å². The van der Waals surface area contributed by atoms with Gasteiger partial charge in [0.05, 0.1) is 18.8 Å². The quantitative estimate of drug-likeness (QED) is 0.868. The van der Waals surface area contributed by atoms with Crippen LogP contribution in [0.5, 0.6) is 0 Å². The van der Waals surface area contributed by atoms with Crippen molar-refractivity contribution in [2.45, 2.75) is 37.7 Å². The number of benzene rings is 1. The molecule has 144 valence electrons. The van der Waals surface area contributed by atoms with Crippen molar-refractivity contribution in [2.24, 2.45) is 0 Å². The van der Waals surface area contributed by atoms with E-state index >= 15 is 0 Å². The van der Waals surface area contributed by atoms with E-state index in [1.165, 1.54) is 16.8 Å².